The Morgan fingerprint density at radius 3 is 2.90 bits per heavy atom. The molecule has 1 saturated heterocycles. The van der Waals surface area contributed by atoms with Crippen LogP contribution in [-0.2, 0) is 4.79 Å². The second kappa shape index (κ2) is 8.74. The van der Waals surface area contributed by atoms with Crippen LogP contribution in [0.15, 0.2) is 24.7 Å². The number of hydrogen-bond acceptors (Lipinski definition) is 7. The first-order valence-corrected chi connectivity index (χ1v) is 10.8. The third-order valence-corrected chi connectivity index (χ3v) is 6.19. The number of thiazole rings is 1. The summed E-state index contributed by atoms with van der Waals surface area (Å²) in [6, 6.07) is 1.98. The highest BCUT2D eigenvalue weighted by Crippen LogP contribution is 2.29. The molecule has 1 fully saturated rings. The summed E-state index contributed by atoms with van der Waals surface area (Å²) in [6.45, 7) is 7.37. The zero-order valence-electron chi connectivity index (χ0n) is 17.3. The average molecular weight is 424 g/mol. The number of imidazole rings is 1. The molecule has 1 aliphatic heterocycles. The molecule has 9 heteroatoms. The zero-order valence-corrected chi connectivity index (χ0v) is 18.2. The fraction of sp³-hybridized carbons (Fsp3) is 0.381. The number of rotatable bonds is 5. The molecule has 0 saturated carbocycles. The van der Waals surface area contributed by atoms with E-state index in [2.05, 4.69) is 37.2 Å². The lowest BCUT2D eigenvalue weighted by Gasteiger charge is -2.32. The van der Waals surface area contributed by atoms with Crippen molar-refractivity contribution >= 4 is 34.3 Å². The van der Waals surface area contributed by atoms with Crippen molar-refractivity contribution in [1.82, 2.24) is 29.8 Å². The Labute approximate surface area is 179 Å². The molecule has 8 nitrogen and oxygen atoms in total. The van der Waals surface area contributed by atoms with E-state index < -0.39 is 0 Å². The van der Waals surface area contributed by atoms with Crippen LogP contribution in [0.4, 0.5) is 10.9 Å². The average Bonchev–Trinajstić information content (AvgIpc) is 3.35. The lowest BCUT2D eigenvalue weighted by molar-refractivity contribution is -0.127. The number of hydrogen-bond donors (Lipinski definition) is 2. The molecule has 2 N–H and O–H groups in total. The van der Waals surface area contributed by atoms with E-state index in [1.165, 1.54) is 4.88 Å². The zero-order chi connectivity index (χ0) is 21.1. The predicted molar refractivity (Wildman–Crippen MR) is 118 cm³/mol. The van der Waals surface area contributed by atoms with E-state index in [4.69, 9.17) is 0 Å². The van der Waals surface area contributed by atoms with Crippen molar-refractivity contribution in [3.63, 3.8) is 0 Å². The molecule has 1 atom stereocenters. The molecule has 0 radical (unpaired) electrons. The van der Waals surface area contributed by atoms with Gasteiger partial charge in [0, 0.05) is 36.0 Å². The highest BCUT2D eigenvalue weighted by Gasteiger charge is 2.25. The number of amides is 1. The van der Waals surface area contributed by atoms with Crippen molar-refractivity contribution in [3.05, 3.63) is 52.4 Å². The molecule has 0 aliphatic carbocycles. The first-order chi connectivity index (χ1) is 14.5. The maximum Gasteiger partial charge on any atom is 0.246 e. The van der Waals surface area contributed by atoms with Crippen LogP contribution in [0.5, 0.6) is 0 Å². The van der Waals surface area contributed by atoms with Crippen molar-refractivity contribution in [2.75, 3.05) is 18.4 Å². The number of aromatic amines is 1. The Balaban J connectivity index is 1.47. The third-order valence-electron chi connectivity index (χ3n) is 5.20. The summed E-state index contributed by atoms with van der Waals surface area (Å²) >= 11 is 1.61. The normalized spacial score (nSPS) is 16.9. The van der Waals surface area contributed by atoms with Gasteiger partial charge in [-0.05, 0) is 39.7 Å². The molecule has 4 heterocycles. The Hall–Kier alpha value is -3.07. The van der Waals surface area contributed by atoms with Gasteiger partial charge in [-0.1, -0.05) is 0 Å². The summed E-state index contributed by atoms with van der Waals surface area (Å²) in [5.41, 5.74) is 2.80. The fourth-order valence-corrected chi connectivity index (χ4v) is 4.36. The molecule has 1 aliphatic rings. The highest BCUT2D eigenvalue weighted by molar-refractivity contribution is 7.15. The van der Waals surface area contributed by atoms with E-state index in [9.17, 15) is 4.79 Å². The maximum absolute atomic E-state index is 12.6. The molecule has 4 rings (SSSR count). The molecule has 1 unspecified atom stereocenters. The van der Waals surface area contributed by atoms with E-state index in [-0.39, 0.29) is 11.8 Å². The number of H-pyrrole nitrogens is 1. The quantitative estimate of drug-likeness (QED) is 0.607. The Morgan fingerprint density at radius 2 is 2.17 bits per heavy atom. The molecule has 0 spiro atoms. The lowest BCUT2D eigenvalue weighted by Crippen LogP contribution is -2.38. The van der Waals surface area contributed by atoms with E-state index in [0.717, 1.165) is 47.4 Å². The number of anilines is 2. The Bertz CT molecular complexity index is 1040. The van der Waals surface area contributed by atoms with Crippen LogP contribution in [0.2, 0.25) is 0 Å². The SMILES string of the molecule is Cc1nc(Nc2nc(C)c(C)s2)cc(C2CCCN(C(=O)C=Cc3cnc[nH]3)C2)n1. The van der Waals surface area contributed by atoms with Gasteiger partial charge >= 0.3 is 0 Å². The highest BCUT2D eigenvalue weighted by atomic mass is 32.1. The second-order valence-electron chi connectivity index (χ2n) is 7.47. The monoisotopic (exact) mass is 423 g/mol. The fourth-order valence-electron chi connectivity index (χ4n) is 3.54. The number of carbonyl (C=O) groups is 1. The van der Waals surface area contributed by atoms with Gasteiger partial charge in [0.1, 0.15) is 11.6 Å². The molecule has 0 bridgehead atoms. The minimum Gasteiger partial charge on any atom is -0.345 e. The van der Waals surface area contributed by atoms with E-state index in [0.29, 0.717) is 12.4 Å². The number of aromatic nitrogens is 5. The van der Waals surface area contributed by atoms with Gasteiger partial charge in [-0.2, -0.15) is 0 Å². The second-order valence-corrected chi connectivity index (χ2v) is 8.68. The van der Waals surface area contributed by atoms with Gasteiger partial charge in [0.15, 0.2) is 5.13 Å². The number of aryl methyl sites for hydroxylation is 3. The molecule has 156 valence electrons. The largest absolute Gasteiger partial charge is 0.345 e. The molecule has 3 aromatic rings. The van der Waals surface area contributed by atoms with Crippen molar-refractivity contribution in [3.8, 4) is 0 Å². The van der Waals surface area contributed by atoms with Gasteiger partial charge in [0.2, 0.25) is 5.91 Å². The van der Waals surface area contributed by atoms with Gasteiger partial charge in [0.25, 0.3) is 0 Å². The van der Waals surface area contributed by atoms with Crippen LogP contribution in [0.1, 0.15) is 46.5 Å². The van der Waals surface area contributed by atoms with Crippen LogP contribution in [0, 0.1) is 20.8 Å². The number of nitrogens with one attached hydrogen (secondary N) is 2. The summed E-state index contributed by atoms with van der Waals surface area (Å²) in [5, 5.41) is 4.14. The molecular weight excluding hydrogens is 398 g/mol. The number of nitrogens with zero attached hydrogens (tertiary/aromatic N) is 5. The number of carbonyl (C=O) groups excluding carboxylic acids is 1. The lowest BCUT2D eigenvalue weighted by atomic mass is 9.94. The van der Waals surface area contributed by atoms with Gasteiger partial charge in [-0.25, -0.2) is 19.9 Å². The summed E-state index contributed by atoms with van der Waals surface area (Å²) in [6.07, 6.45) is 8.59. The first-order valence-electron chi connectivity index (χ1n) is 10.00. The number of likely N-dealkylation sites (tertiary alicyclic amines) is 1. The van der Waals surface area contributed by atoms with E-state index >= 15 is 0 Å². The van der Waals surface area contributed by atoms with Gasteiger partial charge in [-0.15, -0.1) is 11.3 Å². The third kappa shape index (κ3) is 4.73. The van der Waals surface area contributed by atoms with Crippen LogP contribution in [0.3, 0.4) is 0 Å². The minimum atomic E-state index is 0.00663. The van der Waals surface area contributed by atoms with Crippen molar-refractivity contribution < 1.29 is 4.79 Å². The molecule has 30 heavy (non-hydrogen) atoms. The summed E-state index contributed by atoms with van der Waals surface area (Å²) in [5.74, 6) is 1.65. The first kappa shape index (κ1) is 20.2. The van der Waals surface area contributed by atoms with Crippen molar-refractivity contribution in [1.29, 1.82) is 0 Å². The molecular formula is C21H25N7OS. The van der Waals surface area contributed by atoms with E-state index in [1.807, 2.05) is 24.8 Å². The van der Waals surface area contributed by atoms with Crippen LogP contribution < -0.4 is 5.32 Å². The number of piperidine rings is 1. The van der Waals surface area contributed by atoms with Gasteiger partial charge in [-0.3, -0.25) is 4.79 Å². The summed E-state index contributed by atoms with van der Waals surface area (Å²) in [4.78, 5) is 36.4. The van der Waals surface area contributed by atoms with Crippen molar-refractivity contribution in [2.45, 2.75) is 39.5 Å². The van der Waals surface area contributed by atoms with Gasteiger partial charge < -0.3 is 15.2 Å². The van der Waals surface area contributed by atoms with Crippen molar-refractivity contribution in [2.24, 2.45) is 0 Å². The Morgan fingerprint density at radius 1 is 1.30 bits per heavy atom. The van der Waals surface area contributed by atoms with Crippen LogP contribution in [0.25, 0.3) is 6.08 Å². The Kier molecular flexibility index (Phi) is 5.89. The molecule has 3 aromatic heterocycles. The van der Waals surface area contributed by atoms with Gasteiger partial charge in [0.05, 0.1) is 29.6 Å². The van der Waals surface area contributed by atoms with Crippen LogP contribution in [-0.4, -0.2) is 48.8 Å². The summed E-state index contributed by atoms with van der Waals surface area (Å²) < 4.78 is 0. The topological polar surface area (TPSA) is 99.7 Å². The maximum atomic E-state index is 12.6. The van der Waals surface area contributed by atoms with E-state index in [1.54, 1.807) is 36.0 Å². The predicted octanol–water partition coefficient (Wildman–Crippen LogP) is 3.74. The molecule has 1 amide bonds. The minimum absolute atomic E-state index is 0.00663. The summed E-state index contributed by atoms with van der Waals surface area (Å²) in [7, 11) is 0. The van der Waals surface area contributed by atoms with Crippen LogP contribution >= 0.6 is 11.3 Å². The smallest absolute Gasteiger partial charge is 0.246 e. The molecule has 0 aromatic carbocycles. The standard InChI is InChI=1S/C21H25N7OS/c1-13-14(2)30-21(24-13)27-19-9-18(25-15(3)26-19)16-5-4-8-28(11-16)20(29)7-6-17-10-22-12-23-17/h6-7,9-10,12,16H,4-5,8,11H2,1-3H3,(H,22,23)(H,24,25,26,27).